The number of nitrogens with one attached hydrogen (secondary N) is 1. The number of ether oxygens (including phenoxy) is 4. The number of nitrogens with zero attached hydrogens (tertiary/aromatic N) is 1. The minimum atomic E-state index is -0.247. The summed E-state index contributed by atoms with van der Waals surface area (Å²) in [7, 11) is 0. The van der Waals surface area contributed by atoms with Crippen molar-refractivity contribution in [1.29, 1.82) is 0 Å². The maximum Gasteiger partial charge on any atom is 0.232 e. The molecule has 1 aromatic heterocycles. The van der Waals surface area contributed by atoms with Gasteiger partial charge in [-0.05, 0) is 24.4 Å². The van der Waals surface area contributed by atoms with Crippen molar-refractivity contribution in [3.05, 3.63) is 12.1 Å². The first-order valence-electron chi connectivity index (χ1n) is 8.80. The van der Waals surface area contributed by atoms with Gasteiger partial charge in [0, 0.05) is 51.7 Å². The van der Waals surface area contributed by atoms with E-state index >= 15 is 0 Å². The molecule has 0 aliphatic carbocycles. The van der Waals surface area contributed by atoms with Crippen LogP contribution in [0.2, 0.25) is 0 Å². The second-order valence-corrected chi connectivity index (χ2v) is 7.10. The van der Waals surface area contributed by atoms with Crippen molar-refractivity contribution in [2.75, 3.05) is 46.2 Å². The highest BCUT2D eigenvalue weighted by molar-refractivity contribution is 7.97. The van der Waals surface area contributed by atoms with E-state index in [4.69, 9.17) is 24.1 Å². The highest BCUT2D eigenvalue weighted by atomic mass is 32.2. The maximum atomic E-state index is 8.69. The van der Waals surface area contributed by atoms with Crippen molar-refractivity contribution < 1.29 is 24.1 Å². The highest BCUT2D eigenvalue weighted by Crippen LogP contribution is 2.37. The average molecular weight is 370 g/mol. The van der Waals surface area contributed by atoms with Gasteiger partial charge in [-0.2, -0.15) is 4.98 Å². The van der Waals surface area contributed by atoms with Crippen LogP contribution < -0.4 is 14.2 Å². The van der Waals surface area contributed by atoms with Crippen LogP contribution >= 0.6 is 11.9 Å². The number of hydrogen-bond acceptors (Lipinski definition) is 8. The van der Waals surface area contributed by atoms with Crippen LogP contribution in [-0.2, 0) is 9.47 Å². The van der Waals surface area contributed by atoms with Crippen LogP contribution in [0.25, 0.3) is 0 Å². The molecule has 0 radical (unpaired) electrons. The van der Waals surface area contributed by atoms with Gasteiger partial charge in [0.05, 0.1) is 24.7 Å². The third kappa shape index (κ3) is 5.46. The minimum absolute atomic E-state index is 0.163. The molecular weight excluding hydrogens is 344 g/mol. The number of aliphatic hydroxyl groups is 1. The molecule has 3 rings (SSSR count). The molecule has 0 bridgehead atoms. The lowest BCUT2D eigenvalue weighted by Crippen LogP contribution is -2.47. The summed E-state index contributed by atoms with van der Waals surface area (Å²) in [5.41, 5.74) is -0.247. The molecule has 3 heterocycles. The van der Waals surface area contributed by atoms with Crippen LogP contribution in [0.3, 0.4) is 0 Å². The van der Waals surface area contributed by atoms with Crippen molar-refractivity contribution in [3.63, 3.8) is 0 Å². The second-order valence-electron chi connectivity index (χ2n) is 6.16. The fraction of sp³-hybridized carbons (Fsp3) is 0.706. The van der Waals surface area contributed by atoms with Gasteiger partial charge in [-0.25, -0.2) is 0 Å². The maximum absolute atomic E-state index is 8.69. The summed E-state index contributed by atoms with van der Waals surface area (Å²) in [5, 5.41) is 8.69. The molecule has 1 fully saturated rings. The molecule has 2 N–H and O–H groups in total. The summed E-state index contributed by atoms with van der Waals surface area (Å²) >= 11 is 1.55. The van der Waals surface area contributed by atoms with Crippen LogP contribution in [0, 0.1) is 0 Å². The lowest BCUT2D eigenvalue weighted by Gasteiger charge is -2.35. The molecule has 1 spiro atoms. The van der Waals surface area contributed by atoms with Gasteiger partial charge in [-0.1, -0.05) is 0 Å². The van der Waals surface area contributed by atoms with Gasteiger partial charge in [-0.3, -0.25) is 4.72 Å². The average Bonchev–Trinajstić information content (AvgIpc) is 2.80. The third-order valence-corrected chi connectivity index (χ3v) is 5.04. The summed E-state index contributed by atoms with van der Waals surface area (Å²) in [6, 6.07) is 3.84. The molecule has 0 atom stereocenters. The molecule has 2 aliphatic rings. The van der Waals surface area contributed by atoms with E-state index in [2.05, 4.69) is 9.71 Å². The number of pyridine rings is 1. The summed E-state index contributed by atoms with van der Waals surface area (Å²) in [4.78, 5) is 5.53. The van der Waals surface area contributed by atoms with Gasteiger partial charge in [0.15, 0.2) is 0 Å². The first-order chi connectivity index (χ1) is 12.3. The monoisotopic (exact) mass is 370 g/mol. The largest absolute Gasteiger partial charge is 0.477 e. The summed E-state index contributed by atoms with van der Waals surface area (Å²) in [6.07, 6.45) is 3.17. The number of aliphatic hydroxyl groups excluding tert-OH is 1. The number of hydrogen-bond donors (Lipinski definition) is 2. The van der Waals surface area contributed by atoms with Crippen molar-refractivity contribution in [2.24, 2.45) is 0 Å². The molecule has 0 saturated carbocycles. The van der Waals surface area contributed by atoms with Crippen molar-refractivity contribution in [1.82, 2.24) is 9.71 Å². The second kappa shape index (κ2) is 9.59. The van der Waals surface area contributed by atoms with Gasteiger partial charge in [0.25, 0.3) is 0 Å². The van der Waals surface area contributed by atoms with Crippen molar-refractivity contribution >= 4 is 11.9 Å². The number of fused-ring (bicyclic) bond motifs is 1. The molecule has 8 heteroatoms. The van der Waals surface area contributed by atoms with Gasteiger partial charge in [0.1, 0.15) is 5.60 Å². The van der Waals surface area contributed by atoms with Crippen LogP contribution in [0.5, 0.6) is 11.8 Å². The quantitative estimate of drug-likeness (QED) is 0.529. The van der Waals surface area contributed by atoms with E-state index < -0.39 is 0 Å². The Hall–Kier alpha value is -1.06. The van der Waals surface area contributed by atoms with Gasteiger partial charge < -0.3 is 24.1 Å². The standard InChI is InChI=1S/C17H26N2O5S/c20-7-1-8-21-9-2-10-23-15-4-3-14-16(19-15)24-17(13-18-25-14)5-11-22-12-6-17/h3-4,18,20H,1-2,5-13H2. The van der Waals surface area contributed by atoms with E-state index in [0.29, 0.717) is 51.2 Å². The number of rotatable bonds is 8. The fourth-order valence-electron chi connectivity index (χ4n) is 2.76. The summed E-state index contributed by atoms with van der Waals surface area (Å²) < 4.78 is 26.2. The molecule has 0 aromatic carbocycles. The van der Waals surface area contributed by atoms with Gasteiger partial charge in [-0.15, -0.1) is 0 Å². The zero-order valence-corrected chi connectivity index (χ0v) is 15.2. The predicted molar refractivity (Wildman–Crippen MR) is 94.1 cm³/mol. The van der Waals surface area contributed by atoms with Crippen LogP contribution in [0.1, 0.15) is 25.7 Å². The minimum Gasteiger partial charge on any atom is -0.477 e. The van der Waals surface area contributed by atoms with Crippen LogP contribution in [-0.4, -0.2) is 61.9 Å². The summed E-state index contributed by atoms with van der Waals surface area (Å²) in [5.74, 6) is 1.20. The Morgan fingerprint density at radius 1 is 1.20 bits per heavy atom. The molecule has 1 saturated heterocycles. The smallest absolute Gasteiger partial charge is 0.232 e. The van der Waals surface area contributed by atoms with Crippen molar-refractivity contribution in [2.45, 2.75) is 36.2 Å². The van der Waals surface area contributed by atoms with E-state index in [1.54, 1.807) is 11.9 Å². The Bertz CT molecular complexity index is 540. The van der Waals surface area contributed by atoms with Crippen LogP contribution in [0.15, 0.2) is 17.0 Å². The van der Waals surface area contributed by atoms with Gasteiger partial charge in [0.2, 0.25) is 11.8 Å². The zero-order chi connectivity index (χ0) is 17.4. The molecule has 1 aromatic rings. The fourth-order valence-corrected chi connectivity index (χ4v) is 3.56. The molecule has 0 unspecified atom stereocenters. The van der Waals surface area contributed by atoms with E-state index in [1.165, 1.54) is 0 Å². The molecular formula is C17H26N2O5S. The van der Waals surface area contributed by atoms with E-state index in [9.17, 15) is 0 Å². The first kappa shape index (κ1) is 18.7. The van der Waals surface area contributed by atoms with Crippen molar-refractivity contribution in [3.8, 4) is 11.8 Å². The van der Waals surface area contributed by atoms with E-state index in [-0.39, 0.29) is 12.2 Å². The van der Waals surface area contributed by atoms with E-state index in [1.807, 2.05) is 12.1 Å². The predicted octanol–water partition coefficient (Wildman–Crippen LogP) is 1.79. The Morgan fingerprint density at radius 3 is 2.88 bits per heavy atom. The normalized spacial score (nSPS) is 19.1. The Morgan fingerprint density at radius 2 is 2.04 bits per heavy atom. The molecule has 2 aliphatic heterocycles. The molecule has 0 amide bonds. The Labute approximate surface area is 152 Å². The van der Waals surface area contributed by atoms with Gasteiger partial charge >= 0.3 is 0 Å². The number of aromatic nitrogens is 1. The zero-order valence-electron chi connectivity index (χ0n) is 14.4. The molecule has 140 valence electrons. The Balaban J connectivity index is 1.52. The lowest BCUT2D eigenvalue weighted by molar-refractivity contribution is -0.0444. The lowest BCUT2D eigenvalue weighted by atomic mass is 9.94. The SMILES string of the molecule is OCCCOCCCOc1ccc2c(n1)OC1(CCOCC1)CNS2. The summed E-state index contributed by atoms with van der Waals surface area (Å²) in [6.45, 7) is 4.11. The first-order valence-corrected chi connectivity index (χ1v) is 9.62. The topological polar surface area (TPSA) is 82.1 Å². The molecule has 25 heavy (non-hydrogen) atoms. The van der Waals surface area contributed by atoms with E-state index in [0.717, 1.165) is 30.7 Å². The van der Waals surface area contributed by atoms with Crippen LogP contribution in [0.4, 0.5) is 0 Å². The molecule has 7 nitrogen and oxygen atoms in total. The third-order valence-electron chi connectivity index (χ3n) is 4.22. The Kier molecular flexibility index (Phi) is 7.18. The highest BCUT2D eigenvalue weighted by Gasteiger charge is 2.37.